The van der Waals surface area contributed by atoms with Crippen LogP contribution in [-0.4, -0.2) is 41.5 Å². The molecule has 0 spiro atoms. The molecule has 0 saturated carbocycles. The first-order valence-corrected chi connectivity index (χ1v) is 14.1. The van der Waals surface area contributed by atoms with Crippen molar-refractivity contribution in [3.8, 4) is 0 Å². The number of nitrogens with zero attached hydrogens (tertiary/aromatic N) is 2. The molecule has 40 heavy (non-hydrogen) atoms. The summed E-state index contributed by atoms with van der Waals surface area (Å²) in [6, 6.07) is 12.9. The highest BCUT2D eigenvalue weighted by atomic mass is 32.2. The highest BCUT2D eigenvalue weighted by molar-refractivity contribution is 7.90. The Morgan fingerprint density at radius 1 is 1.00 bits per heavy atom. The number of imidazole rings is 1. The number of sulfonamides is 1. The number of rotatable bonds is 10. The Balaban J connectivity index is 1.84. The number of nitrogens with one attached hydrogen (secondary N) is 3. The predicted octanol–water partition coefficient (Wildman–Crippen LogP) is 3.53. The summed E-state index contributed by atoms with van der Waals surface area (Å²) in [6.45, 7) is 8.17. The molecule has 11 nitrogen and oxygen atoms in total. The van der Waals surface area contributed by atoms with Gasteiger partial charge in [0.05, 0.1) is 11.2 Å². The standard InChI is InChI=1S/C28H33N5O6S/c1-6-24(34)32-40(38,39)20-13-12-18(2)22(14-20)31-26(36)21(25(35)28(3,4)5)15-33-16-23(29-17-33)27(37)30-19-10-8-7-9-11-19/h7-14,16-17,21H,6,15H2,1-5H3,(H,30,37)(H,31,36)(H,32,34). The fourth-order valence-corrected chi connectivity index (χ4v) is 4.80. The van der Waals surface area contributed by atoms with Gasteiger partial charge in [0.25, 0.3) is 15.9 Å². The fourth-order valence-electron chi connectivity index (χ4n) is 3.72. The molecule has 0 aliphatic carbocycles. The van der Waals surface area contributed by atoms with Crippen LogP contribution in [0.25, 0.3) is 0 Å². The van der Waals surface area contributed by atoms with Gasteiger partial charge < -0.3 is 15.2 Å². The number of benzene rings is 2. The summed E-state index contributed by atoms with van der Waals surface area (Å²) in [7, 11) is -4.15. The van der Waals surface area contributed by atoms with E-state index in [-0.39, 0.29) is 35.0 Å². The summed E-state index contributed by atoms with van der Waals surface area (Å²) in [5.74, 6) is -3.31. The van der Waals surface area contributed by atoms with E-state index in [0.29, 0.717) is 11.3 Å². The monoisotopic (exact) mass is 567 g/mol. The first-order valence-electron chi connectivity index (χ1n) is 12.6. The Morgan fingerprint density at radius 2 is 1.68 bits per heavy atom. The Morgan fingerprint density at radius 3 is 2.30 bits per heavy atom. The average molecular weight is 568 g/mol. The minimum Gasteiger partial charge on any atom is -0.335 e. The topological polar surface area (TPSA) is 156 Å². The van der Waals surface area contributed by atoms with Crippen molar-refractivity contribution in [2.75, 3.05) is 10.6 Å². The lowest BCUT2D eigenvalue weighted by Gasteiger charge is -2.24. The van der Waals surface area contributed by atoms with E-state index < -0.39 is 39.1 Å². The van der Waals surface area contributed by atoms with E-state index in [1.165, 1.54) is 42.2 Å². The molecule has 0 aliphatic heterocycles. The summed E-state index contributed by atoms with van der Waals surface area (Å²) in [6.07, 6.45) is 2.80. The number of ketones is 1. The molecule has 212 valence electrons. The molecular weight excluding hydrogens is 534 g/mol. The van der Waals surface area contributed by atoms with E-state index in [0.717, 1.165) is 0 Å². The zero-order valence-corrected chi connectivity index (χ0v) is 23.8. The van der Waals surface area contributed by atoms with Gasteiger partial charge in [-0.1, -0.05) is 52.0 Å². The molecule has 1 heterocycles. The van der Waals surface area contributed by atoms with Crippen molar-refractivity contribution in [1.29, 1.82) is 0 Å². The second-order valence-electron chi connectivity index (χ2n) is 10.3. The molecule has 1 atom stereocenters. The van der Waals surface area contributed by atoms with Gasteiger partial charge in [0.1, 0.15) is 11.6 Å². The number of carbonyl (C=O) groups excluding carboxylic acids is 4. The van der Waals surface area contributed by atoms with Gasteiger partial charge in [-0.25, -0.2) is 18.1 Å². The van der Waals surface area contributed by atoms with Gasteiger partial charge in [-0.3, -0.25) is 19.2 Å². The van der Waals surface area contributed by atoms with Crippen molar-refractivity contribution in [3.63, 3.8) is 0 Å². The zero-order chi connectivity index (χ0) is 29.7. The maximum Gasteiger partial charge on any atom is 0.275 e. The van der Waals surface area contributed by atoms with E-state index >= 15 is 0 Å². The molecule has 1 unspecified atom stereocenters. The molecule has 3 aromatic rings. The van der Waals surface area contributed by atoms with Crippen molar-refractivity contribution >= 4 is 44.9 Å². The number of amides is 3. The van der Waals surface area contributed by atoms with Crippen LogP contribution in [0.5, 0.6) is 0 Å². The molecule has 0 fully saturated rings. The van der Waals surface area contributed by atoms with Crippen LogP contribution in [0.2, 0.25) is 0 Å². The van der Waals surface area contributed by atoms with Gasteiger partial charge >= 0.3 is 0 Å². The Hall–Kier alpha value is -4.32. The van der Waals surface area contributed by atoms with Crippen molar-refractivity contribution in [3.05, 3.63) is 72.3 Å². The van der Waals surface area contributed by atoms with Crippen molar-refractivity contribution < 1.29 is 27.6 Å². The number of hydrogen-bond acceptors (Lipinski definition) is 7. The Kier molecular flexibility index (Phi) is 9.25. The molecular formula is C28H33N5O6S. The Bertz CT molecular complexity index is 1520. The number of carbonyl (C=O) groups is 4. The molecule has 2 aromatic carbocycles. The first kappa shape index (κ1) is 30.2. The quantitative estimate of drug-likeness (QED) is 0.316. The third-order valence-electron chi connectivity index (χ3n) is 6.01. The number of para-hydroxylation sites is 1. The van der Waals surface area contributed by atoms with Crippen LogP contribution in [0, 0.1) is 18.3 Å². The summed E-state index contributed by atoms with van der Waals surface area (Å²) in [4.78, 5) is 55.0. The molecule has 3 rings (SSSR count). The van der Waals surface area contributed by atoms with E-state index in [1.807, 2.05) is 10.8 Å². The van der Waals surface area contributed by atoms with Crippen LogP contribution >= 0.6 is 0 Å². The van der Waals surface area contributed by atoms with Gasteiger partial charge in [0.2, 0.25) is 11.8 Å². The van der Waals surface area contributed by atoms with Gasteiger partial charge in [0.15, 0.2) is 5.78 Å². The summed E-state index contributed by atoms with van der Waals surface area (Å²) in [5, 5.41) is 5.41. The maximum atomic E-state index is 13.5. The molecule has 0 radical (unpaired) electrons. The molecule has 3 amide bonds. The van der Waals surface area contributed by atoms with Crippen molar-refractivity contribution in [1.82, 2.24) is 14.3 Å². The summed E-state index contributed by atoms with van der Waals surface area (Å²) < 4.78 is 28.6. The lowest BCUT2D eigenvalue weighted by atomic mass is 9.82. The minimum atomic E-state index is -4.15. The van der Waals surface area contributed by atoms with Crippen LogP contribution in [0.15, 0.2) is 66.0 Å². The molecule has 0 bridgehead atoms. The van der Waals surface area contributed by atoms with Crippen LogP contribution in [0.1, 0.15) is 50.2 Å². The minimum absolute atomic E-state index is 0.0187. The summed E-state index contributed by atoms with van der Waals surface area (Å²) >= 11 is 0. The van der Waals surface area contributed by atoms with Gasteiger partial charge in [-0.05, 0) is 36.8 Å². The van der Waals surface area contributed by atoms with Gasteiger partial charge in [-0.2, -0.15) is 0 Å². The van der Waals surface area contributed by atoms with E-state index in [2.05, 4.69) is 15.6 Å². The number of aryl methyl sites for hydroxylation is 1. The van der Waals surface area contributed by atoms with Crippen molar-refractivity contribution in [2.45, 2.75) is 52.5 Å². The lowest BCUT2D eigenvalue weighted by Crippen LogP contribution is -2.39. The molecule has 3 N–H and O–H groups in total. The smallest absolute Gasteiger partial charge is 0.275 e. The van der Waals surface area contributed by atoms with Crippen LogP contribution in [0.3, 0.4) is 0 Å². The molecule has 0 saturated heterocycles. The number of aromatic nitrogens is 2. The largest absolute Gasteiger partial charge is 0.335 e. The van der Waals surface area contributed by atoms with Crippen LogP contribution < -0.4 is 15.4 Å². The zero-order valence-electron chi connectivity index (χ0n) is 23.0. The fraction of sp³-hybridized carbons (Fsp3) is 0.321. The van der Waals surface area contributed by atoms with Crippen LogP contribution in [0.4, 0.5) is 11.4 Å². The third-order valence-corrected chi connectivity index (χ3v) is 7.38. The molecule has 1 aromatic heterocycles. The second kappa shape index (κ2) is 12.2. The van der Waals surface area contributed by atoms with Gasteiger partial charge in [-0.15, -0.1) is 0 Å². The van der Waals surface area contributed by atoms with Gasteiger partial charge in [0, 0.05) is 36.0 Å². The number of Topliss-reactive ketones (excluding diaryl/α,β-unsaturated/α-hetero) is 1. The Labute approximate surface area is 233 Å². The number of anilines is 2. The van der Waals surface area contributed by atoms with E-state index in [1.54, 1.807) is 52.0 Å². The maximum absolute atomic E-state index is 13.5. The van der Waals surface area contributed by atoms with E-state index in [4.69, 9.17) is 0 Å². The molecule has 12 heteroatoms. The first-order chi connectivity index (χ1) is 18.7. The average Bonchev–Trinajstić information content (AvgIpc) is 3.36. The lowest BCUT2D eigenvalue weighted by molar-refractivity contribution is -0.137. The van der Waals surface area contributed by atoms with Crippen molar-refractivity contribution in [2.24, 2.45) is 11.3 Å². The highest BCUT2D eigenvalue weighted by Gasteiger charge is 2.35. The SMILES string of the molecule is CCC(=O)NS(=O)(=O)c1ccc(C)c(NC(=O)C(Cn2cnc(C(=O)Nc3ccccc3)c2)C(=O)C(C)(C)C)c1. The summed E-state index contributed by atoms with van der Waals surface area (Å²) in [5.41, 5.74) is 0.557. The predicted molar refractivity (Wildman–Crippen MR) is 150 cm³/mol. The van der Waals surface area contributed by atoms with E-state index in [9.17, 15) is 27.6 Å². The third kappa shape index (κ3) is 7.63. The highest BCUT2D eigenvalue weighted by Crippen LogP contribution is 2.25. The van der Waals surface area contributed by atoms with Crippen LogP contribution in [-0.2, 0) is 31.0 Å². The molecule has 0 aliphatic rings. The second-order valence-corrected chi connectivity index (χ2v) is 12.0. The number of hydrogen-bond donors (Lipinski definition) is 3. The normalized spacial score (nSPS) is 12.3.